The molecule has 2 fully saturated rings. The zero-order valence-electron chi connectivity index (χ0n) is 21.1. The second kappa shape index (κ2) is 10.3. The average Bonchev–Trinajstić information content (AvgIpc) is 2.90. The second-order valence-corrected chi connectivity index (χ2v) is 12.1. The molecule has 0 aliphatic carbocycles. The van der Waals surface area contributed by atoms with Gasteiger partial charge in [0.1, 0.15) is 0 Å². The average molecular weight is 506 g/mol. The lowest BCUT2D eigenvalue weighted by atomic mass is 9.96. The predicted octanol–water partition coefficient (Wildman–Crippen LogP) is 4.75. The van der Waals surface area contributed by atoms with Crippen molar-refractivity contribution in [3.8, 4) is 0 Å². The molecule has 2 heterocycles. The number of carbonyl (C=O) groups excluding carboxylic acids is 1. The molecule has 3 aromatic rings. The van der Waals surface area contributed by atoms with Crippen LogP contribution in [0.4, 0.5) is 0 Å². The van der Waals surface area contributed by atoms with Crippen LogP contribution in [0.5, 0.6) is 0 Å². The van der Waals surface area contributed by atoms with Crippen LogP contribution in [0.2, 0.25) is 0 Å². The fraction of sp³-hybridized carbons (Fsp3) is 0.414. The first-order valence-electron chi connectivity index (χ1n) is 13.0. The highest BCUT2D eigenvalue weighted by molar-refractivity contribution is 7.89. The van der Waals surface area contributed by atoms with E-state index < -0.39 is 10.0 Å². The van der Waals surface area contributed by atoms with Gasteiger partial charge in [-0.1, -0.05) is 48.9 Å². The van der Waals surface area contributed by atoms with Crippen LogP contribution in [-0.2, 0) is 16.6 Å². The summed E-state index contributed by atoms with van der Waals surface area (Å²) in [7, 11) is -3.61. The fourth-order valence-corrected chi connectivity index (χ4v) is 7.00. The lowest BCUT2D eigenvalue weighted by molar-refractivity contribution is 0.0697. The molecule has 2 unspecified atom stereocenters. The van der Waals surface area contributed by atoms with Crippen molar-refractivity contribution in [2.45, 2.75) is 56.6 Å². The quantitative estimate of drug-likeness (QED) is 0.502. The fourth-order valence-electron chi connectivity index (χ4n) is 5.54. The first-order valence-corrected chi connectivity index (χ1v) is 14.4. The van der Waals surface area contributed by atoms with Crippen LogP contribution in [0.3, 0.4) is 0 Å². The molecular formula is C29H35N3O3S. The van der Waals surface area contributed by atoms with Crippen molar-refractivity contribution in [1.29, 1.82) is 0 Å². The second-order valence-electron chi connectivity index (χ2n) is 10.2. The highest BCUT2D eigenvalue weighted by atomic mass is 32.2. The van der Waals surface area contributed by atoms with Gasteiger partial charge in [-0.2, -0.15) is 4.31 Å². The minimum Gasteiger partial charge on any atom is -0.336 e. The van der Waals surface area contributed by atoms with E-state index in [4.69, 9.17) is 0 Å². The van der Waals surface area contributed by atoms with Crippen molar-refractivity contribution in [1.82, 2.24) is 14.1 Å². The molecule has 0 radical (unpaired) electrons. The number of rotatable bonds is 5. The van der Waals surface area contributed by atoms with Crippen LogP contribution in [0, 0.1) is 0 Å². The van der Waals surface area contributed by atoms with E-state index in [1.54, 1.807) is 17.0 Å². The molecule has 0 bridgehead atoms. The third-order valence-corrected chi connectivity index (χ3v) is 9.72. The smallest absolute Gasteiger partial charge is 0.253 e. The van der Waals surface area contributed by atoms with Crippen LogP contribution in [-0.4, -0.2) is 66.7 Å². The molecule has 2 saturated heterocycles. The Bertz CT molecular complexity index is 1320. The molecule has 190 valence electrons. The third kappa shape index (κ3) is 5.05. The summed E-state index contributed by atoms with van der Waals surface area (Å²) in [5.74, 6) is -0.0380. The molecule has 3 aromatic carbocycles. The largest absolute Gasteiger partial charge is 0.336 e. The van der Waals surface area contributed by atoms with Crippen LogP contribution in [0.25, 0.3) is 10.8 Å². The zero-order valence-corrected chi connectivity index (χ0v) is 22.0. The maximum absolute atomic E-state index is 13.2. The van der Waals surface area contributed by atoms with Crippen molar-refractivity contribution in [3.63, 3.8) is 0 Å². The van der Waals surface area contributed by atoms with E-state index in [2.05, 4.69) is 30.9 Å². The monoisotopic (exact) mass is 505 g/mol. The standard InChI is InChI=1S/C29H35N3O3S/c1-22-6-5-7-23(2)32(22)21-24-10-12-26(13-11-24)29(33)30-16-18-31(19-17-30)36(34,35)28-15-14-25-8-3-4-9-27(25)20-28/h3-4,8-15,20,22-23H,5-7,16-19,21H2,1-2H3. The molecule has 2 atom stereocenters. The maximum Gasteiger partial charge on any atom is 0.253 e. The number of fused-ring (bicyclic) bond motifs is 1. The van der Waals surface area contributed by atoms with Gasteiger partial charge in [0.25, 0.3) is 5.91 Å². The Labute approximate surface area is 214 Å². The maximum atomic E-state index is 13.2. The lowest BCUT2D eigenvalue weighted by Gasteiger charge is -2.39. The summed E-state index contributed by atoms with van der Waals surface area (Å²) < 4.78 is 28.0. The van der Waals surface area contributed by atoms with Crippen LogP contribution in [0.1, 0.15) is 49.0 Å². The van der Waals surface area contributed by atoms with Crippen molar-refractivity contribution in [2.24, 2.45) is 0 Å². The van der Waals surface area contributed by atoms with E-state index in [0.717, 1.165) is 17.3 Å². The van der Waals surface area contributed by atoms with Crippen molar-refractivity contribution >= 4 is 26.7 Å². The van der Waals surface area contributed by atoms with Gasteiger partial charge in [0.15, 0.2) is 0 Å². The minimum atomic E-state index is -3.61. The van der Waals surface area contributed by atoms with Gasteiger partial charge < -0.3 is 4.90 Å². The minimum absolute atomic E-state index is 0.0380. The molecule has 2 aliphatic heterocycles. The summed E-state index contributed by atoms with van der Waals surface area (Å²) in [4.78, 5) is 17.7. The number of carbonyl (C=O) groups is 1. The topological polar surface area (TPSA) is 60.9 Å². The Hall–Kier alpha value is -2.74. The normalized spacial score (nSPS) is 22.1. The molecule has 36 heavy (non-hydrogen) atoms. The molecular weight excluding hydrogens is 470 g/mol. The van der Waals surface area contributed by atoms with Gasteiger partial charge in [0, 0.05) is 50.4 Å². The first kappa shape index (κ1) is 24.9. The Kier molecular flexibility index (Phi) is 7.15. The SMILES string of the molecule is CC1CCCC(C)N1Cc1ccc(C(=O)N2CCN(S(=O)(=O)c3ccc4ccccc4c3)CC2)cc1. The van der Waals surface area contributed by atoms with E-state index in [-0.39, 0.29) is 5.91 Å². The molecule has 0 spiro atoms. The van der Waals surface area contributed by atoms with E-state index >= 15 is 0 Å². The van der Waals surface area contributed by atoms with Crippen LogP contribution < -0.4 is 0 Å². The Morgan fingerprint density at radius 2 is 1.47 bits per heavy atom. The van der Waals surface area contributed by atoms with Crippen LogP contribution >= 0.6 is 0 Å². The lowest BCUT2D eigenvalue weighted by Crippen LogP contribution is -2.50. The van der Waals surface area contributed by atoms with E-state index in [0.29, 0.717) is 48.7 Å². The van der Waals surface area contributed by atoms with Gasteiger partial charge in [-0.25, -0.2) is 8.42 Å². The number of nitrogens with zero attached hydrogens (tertiary/aromatic N) is 3. The summed E-state index contributed by atoms with van der Waals surface area (Å²) in [5.41, 5.74) is 1.88. The number of hydrogen-bond donors (Lipinski definition) is 0. The highest BCUT2D eigenvalue weighted by Gasteiger charge is 2.31. The van der Waals surface area contributed by atoms with E-state index in [1.165, 1.54) is 29.1 Å². The molecule has 0 N–H and O–H groups in total. The zero-order chi connectivity index (χ0) is 25.3. The molecule has 7 heteroatoms. The first-order chi connectivity index (χ1) is 17.3. The predicted molar refractivity (Wildman–Crippen MR) is 143 cm³/mol. The summed E-state index contributed by atoms with van der Waals surface area (Å²) in [6.45, 7) is 6.86. The summed E-state index contributed by atoms with van der Waals surface area (Å²) in [5, 5.41) is 1.91. The van der Waals surface area contributed by atoms with Gasteiger partial charge in [0.2, 0.25) is 10.0 Å². The van der Waals surface area contributed by atoms with Gasteiger partial charge in [-0.3, -0.25) is 9.69 Å². The Morgan fingerprint density at radius 1 is 0.833 bits per heavy atom. The van der Waals surface area contributed by atoms with Gasteiger partial charge in [0.05, 0.1) is 4.90 Å². The van der Waals surface area contributed by atoms with Gasteiger partial charge >= 0.3 is 0 Å². The van der Waals surface area contributed by atoms with Gasteiger partial charge in [-0.05, 0) is 67.3 Å². The Morgan fingerprint density at radius 3 is 2.14 bits per heavy atom. The van der Waals surface area contributed by atoms with Gasteiger partial charge in [-0.15, -0.1) is 0 Å². The Balaban J connectivity index is 1.21. The van der Waals surface area contributed by atoms with E-state index in [9.17, 15) is 13.2 Å². The number of piperazine rings is 1. The van der Waals surface area contributed by atoms with E-state index in [1.807, 2.05) is 42.5 Å². The number of benzene rings is 3. The number of piperidine rings is 1. The van der Waals surface area contributed by atoms with Crippen molar-refractivity contribution in [3.05, 3.63) is 77.9 Å². The summed E-state index contributed by atoms with van der Waals surface area (Å²) in [6.07, 6.45) is 3.77. The number of amides is 1. The van der Waals surface area contributed by atoms with Crippen molar-refractivity contribution in [2.75, 3.05) is 26.2 Å². The molecule has 0 saturated carbocycles. The summed E-state index contributed by atoms with van der Waals surface area (Å²) >= 11 is 0. The summed E-state index contributed by atoms with van der Waals surface area (Å²) in [6, 6.07) is 22.1. The number of sulfonamides is 1. The molecule has 1 amide bonds. The van der Waals surface area contributed by atoms with Crippen molar-refractivity contribution < 1.29 is 13.2 Å². The molecule has 6 nitrogen and oxygen atoms in total. The number of hydrogen-bond acceptors (Lipinski definition) is 4. The van der Waals surface area contributed by atoms with Crippen LogP contribution in [0.15, 0.2) is 71.6 Å². The number of likely N-dealkylation sites (tertiary alicyclic amines) is 1. The molecule has 0 aromatic heterocycles. The third-order valence-electron chi connectivity index (χ3n) is 7.83. The highest BCUT2D eigenvalue weighted by Crippen LogP contribution is 2.26. The molecule has 5 rings (SSSR count). The molecule has 2 aliphatic rings.